The third-order valence-corrected chi connectivity index (χ3v) is 6.27. The summed E-state index contributed by atoms with van der Waals surface area (Å²) in [5, 5.41) is 9.55. The van der Waals surface area contributed by atoms with Gasteiger partial charge in [0.25, 0.3) is 0 Å². The van der Waals surface area contributed by atoms with Gasteiger partial charge in [-0.3, -0.25) is 14.3 Å². The van der Waals surface area contributed by atoms with Gasteiger partial charge < -0.3 is 9.80 Å². The molecule has 0 atom stereocenters. The number of nitrogens with zero attached hydrogens (tertiary/aromatic N) is 6. The third kappa shape index (κ3) is 4.55. The molecule has 0 unspecified atom stereocenters. The number of carbonyl (C=O) groups excluding carboxylic acids is 1. The van der Waals surface area contributed by atoms with Crippen molar-refractivity contribution in [3.63, 3.8) is 0 Å². The summed E-state index contributed by atoms with van der Waals surface area (Å²) < 4.78 is 2.02. The van der Waals surface area contributed by atoms with Crippen LogP contribution in [0.2, 0.25) is 0 Å². The second kappa shape index (κ2) is 9.40. The Labute approximate surface area is 181 Å². The summed E-state index contributed by atoms with van der Waals surface area (Å²) in [6.07, 6.45) is 3.49. The average Bonchev–Trinajstić information content (AvgIpc) is 3.22. The number of benzene rings is 1. The molecule has 1 aliphatic rings. The van der Waals surface area contributed by atoms with Crippen molar-refractivity contribution in [1.82, 2.24) is 29.5 Å². The fourth-order valence-corrected chi connectivity index (χ4v) is 4.36. The molecule has 0 saturated carbocycles. The normalized spacial score (nSPS) is 14.8. The number of carbonyl (C=O) groups is 1. The number of hydrogen-bond donors (Lipinski definition) is 0. The molecule has 2 aromatic heterocycles. The lowest BCUT2D eigenvalue weighted by Crippen LogP contribution is -2.49. The van der Waals surface area contributed by atoms with Gasteiger partial charge in [0.15, 0.2) is 11.0 Å². The van der Waals surface area contributed by atoms with Crippen LogP contribution in [0.4, 0.5) is 0 Å². The predicted octanol–water partition coefficient (Wildman–Crippen LogP) is 2.89. The van der Waals surface area contributed by atoms with Crippen molar-refractivity contribution in [3.8, 4) is 17.1 Å². The summed E-state index contributed by atoms with van der Waals surface area (Å²) in [5.41, 5.74) is 3.10. The van der Waals surface area contributed by atoms with E-state index in [1.165, 1.54) is 17.3 Å². The van der Waals surface area contributed by atoms with E-state index in [1.807, 2.05) is 21.6 Å². The maximum absolute atomic E-state index is 12.8. The Hall–Kier alpha value is -2.71. The molecule has 0 aliphatic carbocycles. The molecule has 3 aromatic rings. The van der Waals surface area contributed by atoms with Gasteiger partial charge in [-0.05, 0) is 37.7 Å². The van der Waals surface area contributed by atoms with E-state index < -0.39 is 0 Å². The first kappa shape index (κ1) is 20.6. The minimum atomic E-state index is 0.152. The minimum absolute atomic E-state index is 0.152. The molecule has 1 fully saturated rings. The van der Waals surface area contributed by atoms with Crippen molar-refractivity contribution in [2.24, 2.45) is 0 Å². The Bertz CT molecular complexity index is 981. The Morgan fingerprint density at radius 3 is 2.37 bits per heavy atom. The summed E-state index contributed by atoms with van der Waals surface area (Å²) in [4.78, 5) is 21.2. The standard InChI is InChI=1S/C22H26N6OS/c1-3-26-12-14-27(15-13-26)20(29)16-30-22-25-24-21(18-8-10-23-11-9-18)28(22)19-6-4-17(2)5-7-19/h4-11H,3,12-16H2,1-2H3. The van der Waals surface area contributed by atoms with Crippen molar-refractivity contribution in [3.05, 3.63) is 54.4 Å². The lowest BCUT2D eigenvalue weighted by atomic mass is 10.2. The molecule has 0 bridgehead atoms. The molecule has 156 valence electrons. The van der Waals surface area contributed by atoms with E-state index in [4.69, 9.17) is 0 Å². The highest BCUT2D eigenvalue weighted by Crippen LogP contribution is 2.28. The second-order valence-corrected chi connectivity index (χ2v) is 8.26. The quantitative estimate of drug-likeness (QED) is 0.569. The van der Waals surface area contributed by atoms with Crippen LogP contribution < -0.4 is 0 Å². The highest BCUT2D eigenvalue weighted by atomic mass is 32.2. The van der Waals surface area contributed by atoms with Gasteiger partial charge >= 0.3 is 0 Å². The first-order valence-electron chi connectivity index (χ1n) is 10.2. The predicted molar refractivity (Wildman–Crippen MR) is 119 cm³/mol. The van der Waals surface area contributed by atoms with Gasteiger partial charge in [-0.1, -0.05) is 36.4 Å². The Balaban J connectivity index is 1.55. The second-order valence-electron chi connectivity index (χ2n) is 7.32. The van der Waals surface area contributed by atoms with Gasteiger partial charge in [0, 0.05) is 49.8 Å². The topological polar surface area (TPSA) is 67.2 Å². The summed E-state index contributed by atoms with van der Waals surface area (Å²) in [7, 11) is 0. The van der Waals surface area contributed by atoms with E-state index >= 15 is 0 Å². The number of thioether (sulfide) groups is 1. The van der Waals surface area contributed by atoms with Gasteiger partial charge in [-0.2, -0.15) is 0 Å². The molecule has 0 spiro atoms. The number of rotatable bonds is 6. The largest absolute Gasteiger partial charge is 0.339 e. The SMILES string of the molecule is CCN1CCN(C(=O)CSc2nnc(-c3ccncc3)n2-c2ccc(C)cc2)CC1. The zero-order valence-corrected chi connectivity index (χ0v) is 18.2. The summed E-state index contributed by atoms with van der Waals surface area (Å²) in [6, 6.07) is 12.1. The Kier molecular flexibility index (Phi) is 6.44. The van der Waals surface area contributed by atoms with Gasteiger partial charge in [0.2, 0.25) is 5.91 Å². The van der Waals surface area contributed by atoms with Crippen LogP contribution in [-0.4, -0.2) is 73.9 Å². The van der Waals surface area contributed by atoms with Crippen LogP contribution >= 0.6 is 11.8 Å². The lowest BCUT2D eigenvalue weighted by molar-refractivity contribution is -0.130. The van der Waals surface area contributed by atoms with Crippen LogP contribution in [0, 0.1) is 6.92 Å². The number of pyridine rings is 1. The van der Waals surface area contributed by atoms with Crippen molar-refractivity contribution < 1.29 is 4.79 Å². The molecule has 3 heterocycles. The monoisotopic (exact) mass is 422 g/mol. The molecule has 0 radical (unpaired) electrons. The number of likely N-dealkylation sites (N-methyl/N-ethyl adjacent to an activating group) is 1. The van der Waals surface area contributed by atoms with Gasteiger partial charge in [0.1, 0.15) is 0 Å². The smallest absolute Gasteiger partial charge is 0.233 e. The van der Waals surface area contributed by atoms with E-state index in [9.17, 15) is 4.79 Å². The van der Waals surface area contributed by atoms with Crippen molar-refractivity contribution >= 4 is 17.7 Å². The molecular weight excluding hydrogens is 396 g/mol. The maximum Gasteiger partial charge on any atom is 0.233 e. The molecule has 1 aliphatic heterocycles. The first-order valence-corrected chi connectivity index (χ1v) is 11.2. The molecule has 0 N–H and O–H groups in total. The van der Waals surface area contributed by atoms with E-state index in [-0.39, 0.29) is 5.91 Å². The number of aromatic nitrogens is 4. The number of piperazine rings is 1. The number of hydrogen-bond acceptors (Lipinski definition) is 6. The molecule has 1 saturated heterocycles. The van der Waals surface area contributed by atoms with Crippen LogP contribution in [-0.2, 0) is 4.79 Å². The Morgan fingerprint density at radius 2 is 1.70 bits per heavy atom. The number of aryl methyl sites for hydroxylation is 1. The first-order chi connectivity index (χ1) is 14.7. The summed E-state index contributed by atoms with van der Waals surface area (Å²) in [6.45, 7) is 8.73. The van der Waals surface area contributed by atoms with E-state index in [0.29, 0.717) is 10.9 Å². The fraction of sp³-hybridized carbons (Fsp3) is 0.364. The van der Waals surface area contributed by atoms with Gasteiger partial charge in [0.05, 0.1) is 5.75 Å². The molecule has 4 rings (SSSR count). The van der Waals surface area contributed by atoms with E-state index in [1.54, 1.807) is 12.4 Å². The van der Waals surface area contributed by atoms with Crippen LogP contribution in [0.3, 0.4) is 0 Å². The van der Waals surface area contributed by atoms with Crippen molar-refractivity contribution in [2.45, 2.75) is 19.0 Å². The lowest BCUT2D eigenvalue weighted by Gasteiger charge is -2.34. The van der Waals surface area contributed by atoms with Gasteiger partial charge in [-0.15, -0.1) is 10.2 Å². The van der Waals surface area contributed by atoms with E-state index in [2.05, 4.69) is 58.2 Å². The highest BCUT2D eigenvalue weighted by molar-refractivity contribution is 7.99. The zero-order chi connectivity index (χ0) is 20.9. The number of amides is 1. The average molecular weight is 423 g/mol. The molecular formula is C22H26N6OS. The Morgan fingerprint density at radius 1 is 1.00 bits per heavy atom. The van der Waals surface area contributed by atoms with Crippen molar-refractivity contribution in [2.75, 3.05) is 38.5 Å². The summed E-state index contributed by atoms with van der Waals surface area (Å²) >= 11 is 1.44. The molecule has 8 heteroatoms. The van der Waals surface area contributed by atoms with Crippen LogP contribution in [0.15, 0.2) is 53.9 Å². The van der Waals surface area contributed by atoms with Crippen LogP contribution in [0.25, 0.3) is 17.1 Å². The van der Waals surface area contributed by atoms with Crippen molar-refractivity contribution in [1.29, 1.82) is 0 Å². The molecule has 30 heavy (non-hydrogen) atoms. The van der Waals surface area contributed by atoms with Crippen LogP contribution in [0.5, 0.6) is 0 Å². The van der Waals surface area contributed by atoms with E-state index in [0.717, 1.165) is 49.8 Å². The van der Waals surface area contributed by atoms with Gasteiger partial charge in [-0.25, -0.2) is 0 Å². The third-order valence-electron chi connectivity index (χ3n) is 5.36. The van der Waals surface area contributed by atoms with Crippen LogP contribution in [0.1, 0.15) is 12.5 Å². The molecule has 7 nitrogen and oxygen atoms in total. The maximum atomic E-state index is 12.8. The molecule has 1 amide bonds. The minimum Gasteiger partial charge on any atom is -0.339 e. The highest BCUT2D eigenvalue weighted by Gasteiger charge is 2.22. The zero-order valence-electron chi connectivity index (χ0n) is 17.4. The summed E-state index contributed by atoms with van der Waals surface area (Å²) in [5.74, 6) is 1.25. The fourth-order valence-electron chi connectivity index (χ4n) is 3.51. The molecule has 1 aromatic carbocycles.